The molecule has 0 heterocycles. The van der Waals surface area contributed by atoms with Gasteiger partial charge in [-0.25, -0.2) is 0 Å². The highest BCUT2D eigenvalue weighted by atomic mass is 79.9. The average Bonchev–Trinajstić information content (AvgIpc) is 2.76. The molecule has 0 radical (unpaired) electrons. The number of benzene rings is 2. The molecule has 8 heteroatoms. The molecule has 0 spiro atoms. The summed E-state index contributed by atoms with van der Waals surface area (Å²) in [6.07, 6.45) is 7.07. The van der Waals surface area contributed by atoms with Crippen LogP contribution >= 0.6 is 34.0 Å². The van der Waals surface area contributed by atoms with Gasteiger partial charge < -0.3 is 31.1 Å². The van der Waals surface area contributed by atoms with Crippen LogP contribution in [0.15, 0.2) is 24.3 Å². The lowest BCUT2D eigenvalue weighted by Crippen LogP contribution is -2.20. The van der Waals surface area contributed by atoms with Crippen LogP contribution < -0.4 is 10.6 Å². The van der Waals surface area contributed by atoms with E-state index in [-0.39, 0.29) is 57.0 Å². The lowest BCUT2D eigenvalue weighted by Gasteiger charge is -2.12. The van der Waals surface area contributed by atoms with Crippen molar-refractivity contribution in [2.24, 2.45) is 0 Å². The van der Waals surface area contributed by atoms with Gasteiger partial charge in [-0.1, -0.05) is 31.9 Å². The van der Waals surface area contributed by atoms with Gasteiger partial charge in [0.15, 0.2) is 23.0 Å². The fourth-order valence-electron chi connectivity index (χ4n) is 3.84. The normalized spacial score (nSPS) is 10.5. The number of rotatable bonds is 14. The molecule has 33 heavy (non-hydrogen) atoms. The molecule has 2 aromatic carbocycles. The Labute approximate surface area is 219 Å². The quantitative estimate of drug-likeness (QED) is 0.135. The molecular formula is C25H40Br2N2O4. The summed E-state index contributed by atoms with van der Waals surface area (Å²) in [4.78, 5) is 0. The summed E-state index contributed by atoms with van der Waals surface area (Å²) < 4.78 is 0. The Morgan fingerprint density at radius 1 is 0.636 bits per heavy atom. The highest BCUT2D eigenvalue weighted by Crippen LogP contribution is 2.32. The summed E-state index contributed by atoms with van der Waals surface area (Å²) in [5.74, 6) is -0.102. The van der Waals surface area contributed by atoms with Crippen molar-refractivity contribution in [2.75, 3.05) is 26.2 Å². The molecule has 0 amide bonds. The van der Waals surface area contributed by atoms with E-state index in [2.05, 4.69) is 10.6 Å². The first-order valence-electron chi connectivity index (χ1n) is 11.4. The number of nitrogens with one attached hydrogen (secondary N) is 2. The van der Waals surface area contributed by atoms with Gasteiger partial charge in [0.25, 0.3) is 0 Å². The van der Waals surface area contributed by atoms with Crippen LogP contribution in [-0.2, 0) is 19.3 Å². The number of aromatic hydroxyl groups is 4. The van der Waals surface area contributed by atoms with Gasteiger partial charge >= 0.3 is 0 Å². The van der Waals surface area contributed by atoms with E-state index >= 15 is 0 Å². The topological polar surface area (TPSA) is 105 Å². The molecule has 188 valence electrons. The first-order chi connectivity index (χ1) is 15.0. The van der Waals surface area contributed by atoms with Crippen LogP contribution in [0, 0.1) is 6.92 Å². The van der Waals surface area contributed by atoms with Crippen molar-refractivity contribution in [3.63, 3.8) is 0 Å². The molecule has 2 aromatic rings. The summed E-state index contributed by atoms with van der Waals surface area (Å²) >= 11 is 0. The molecule has 0 aliphatic rings. The summed E-state index contributed by atoms with van der Waals surface area (Å²) in [5.41, 5.74) is 3.74. The number of hydrogen-bond donors (Lipinski definition) is 6. The fourth-order valence-corrected chi connectivity index (χ4v) is 3.84. The molecule has 6 N–H and O–H groups in total. The molecule has 0 saturated heterocycles. The van der Waals surface area contributed by atoms with Gasteiger partial charge in [-0.3, -0.25) is 0 Å². The Bertz CT molecular complexity index is 835. The van der Waals surface area contributed by atoms with Crippen LogP contribution in [0.3, 0.4) is 0 Å². The van der Waals surface area contributed by atoms with E-state index in [1.807, 2.05) is 26.0 Å². The maximum Gasteiger partial charge on any atom is 0.160 e. The minimum absolute atomic E-state index is 0. The minimum atomic E-state index is -0.0611. The lowest BCUT2D eigenvalue weighted by molar-refractivity contribution is 0.399. The zero-order valence-electron chi connectivity index (χ0n) is 19.7. The first kappa shape index (κ1) is 31.5. The number of unbranched alkanes of at least 4 members (excludes halogenated alkanes) is 3. The Kier molecular flexibility index (Phi) is 16.3. The standard InChI is InChI=1S/C25H38N2O4.2BrH/c1-3-21-20(9-11-23(29)25(21)31)13-17-27-15-7-5-4-6-14-26-16-12-19-8-10-22(28)24(30)18(19)2;;/h8-11,26-31H,3-7,12-17H2,1-2H3;2*1H. The zero-order valence-corrected chi connectivity index (χ0v) is 23.1. The number of halogens is 2. The molecule has 6 nitrogen and oxygen atoms in total. The second kappa shape index (κ2) is 17.0. The van der Waals surface area contributed by atoms with Gasteiger partial charge in [-0.15, -0.1) is 34.0 Å². The van der Waals surface area contributed by atoms with Crippen molar-refractivity contribution >= 4 is 34.0 Å². The molecule has 0 atom stereocenters. The molecule has 2 rings (SSSR count). The van der Waals surface area contributed by atoms with E-state index < -0.39 is 0 Å². The van der Waals surface area contributed by atoms with Gasteiger partial charge in [0.2, 0.25) is 0 Å². The van der Waals surface area contributed by atoms with Crippen LogP contribution in [0.1, 0.15) is 54.9 Å². The number of phenolic OH excluding ortho intramolecular Hbond substituents is 4. The van der Waals surface area contributed by atoms with Gasteiger partial charge in [0, 0.05) is 5.56 Å². The number of phenols is 4. The first-order valence-corrected chi connectivity index (χ1v) is 11.4. The van der Waals surface area contributed by atoms with E-state index in [0.29, 0.717) is 6.42 Å². The molecule has 0 saturated carbocycles. The molecular weight excluding hydrogens is 552 g/mol. The largest absolute Gasteiger partial charge is 0.504 e. The van der Waals surface area contributed by atoms with Crippen molar-refractivity contribution in [1.29, 1.82) is 0 Å². The monoisotopic (exact) mass is 590 g/mol. The Morgan fingerprint density at radius 2 is 1.12 bits per heavy atom. The van der Waals surface area contributed by atoms with Crippen LogP contribution in [-0.4, -0.2) is 46.6 Å². The Morgan fingerprint density at radius 3 is 1.67 bits per heavy atom. The molecule has 0 unspecified atom stereocenters. The second-order valence-corrected chi connectivity index (χ2v) is 8.06. The Balaban J connectivity index is 0.00000512. The van der Waals surface area contributed by atoms with E-state index in [0.717, 1.165) is 74.1 Å². The van der Waals surface area contributed by atoms with Gasteiger partial charge in [0.1, 0.15) is 0 Å². The predicted octanol–water partition coefficient (Wildman–Crippen LogP) is 5.06. The van der Waals surface area contributed by atoms with Gasteiger partial charge in [0.05, 0.1) is 0 Å². The zero-order chi connectivity index (χ0) is 22.6. The summed E-state index contributed by atoms with van der Waals surface area (Å²) in [7, 11) is 0. The Hall–Kier alpha value is -1.48. The average molecular weight is 592 g/mol. The lowest BCUT2D eigenvalue weighted by atomic mass is 10.0. The molecule has 0 aliphatic heterocycles. The van der Waals surface area contributed by atoms with E-state index in [1.54, 1.807) is 12.1 Å². The van der Waals surface area contributed by atoms with E-state index in [9.17, 15) is 20.4 Å². The maximum atomic E-state index is 9.95. The number of hydrogen-bond acceptors (Lipinski definition) is 6. The summed E-state index contributed by atoms with van der Waals surface area (Å²) in [5, 5.41) is 45.7. The van der Waals surface area contributed by atoms with Crippen molar-refractivity contribution < 1.29 is 20.4 Å². The van der Waals surface area contributed by atoms with Gasteiger partial charge in [-0.2, -0.15) is 0 Å². The van der Waals surface area contributed by atoms with Crippen molar-refractivity contribution in [2.45, 2.75) is 58.8 Å². The van der Waals surface area contributed by atoms with E-state index in [4.69, 9.17) is 0 Å². The highest BCUT2D eigenvalue weighted by Gasteiger charge is 2.10. The smallest absolute Gasteiger partial charge is 0.160 e. The third kappa shape index (κ3) is 10.1. The molecule has 0 aliphatic carbocycles. The highest BCUT2D eigenvalue weighted by molar-refractivity contribution is 8.93. The van der Waals surface area contributed by atoms with E-state index in [1.165, 1.54) is 12.8 Å². The fraction of sp³-hybridized carbons (Fsp3) is 0.520. The van der Waals surface area contributed by atoms with Crippen molar-refractivity contribution in [3.8, 4) is 23.0 Å². The second-order valence-electron chi connectivity index (χ2n) is 8.06. The molecule has 0 fully saturated rings. The van der Waals surface area contributed by atoms with Crippen molar-refractivity contribution in [3.05, 3.63) is 46.5 Å². The van der Waals surface area contributed by atoms with Crippen LogP contribution in [0.5, 0.6) is 23.0 Å². The summed E-state index contributed by atoms with van der Waals surface area (Å²) in [6.45, 7) is 7.52. The van der Waals surface area contributed by atoms with Gasteiger partial charge in [-0.05, 0) is 94.0 Å². The minimum Gasteiger partial charge on any atom is -0.504 e. The van der Waals surface area contributed by atoms with Crippen molar-refractivity contribution in [1.82, 2.24) is 10.6 Å². The third-order valence-electron chi connectivity index (χ3n) is 5.83. The van der Waals surface area contributed by atoms with Crippen LogP contribution in [0.25, 0.3) is 0 Å². The van der Waals surface area contributed by atoms with Crippen LogP contribution in [0.2, 0.25) is 0 Å². The molecule has 0 aromatic heterocycles. The SMILES string of the molecule is Br.Br.CCc1c(CCNCCCCCCNCCc2ccc(O)c(O)c2C)ccc(O)c1O. The van der Waals surface area contributed by atoms with Crippen LogP contribution in [0.4, 0.5) is 0 Å². The summed E-state index contributed by atoms with van der Waals surface area (Å²) in [6, 6.07) is 6.87. The third-order valence-corrected chi connectivity index (χ3v) is 5.83. The molecule has 0 bridgehead atoms. The predicted molar refractivity (Wildman–Crippen MR) is 146 cm³/mol. The maximum absolute atomic E-state index is 9.95.